The van der Waals surface area contributed by atoms with Crippen molar-refractivity contribution in [3.05, 3.63) is 69.5 Å². The van der Waals surface area contributed by atoms with E-state index in [0.29, 0.717) is 17.1 Å². The molecule has 0 saturated carbocycles. The third kappa shape index (κ3) is 2.53. The molecule has 0 N–H and O–H groups in total. The summed E-state index contributed by atoms with van der Waals surface area (Å²) >= 11 is 9.36. The van der Waals surface area contributed by atoms with Gasteiger partial charge in [0.1, 0.15) is 5.82 Å². The van der Waals surface area contributed by atoms with Crippen molar-refractivity contribution < 1.29 is 4.39 Å². The molecule has 3 aromatic rings. The second kappa shape index (κ2) is 4.99. The highest BCUT2D eigenvalue weighted by Gasteiger charge is 2.06. The molecular formula is C15H10BrClFN. The highest BCUT2D eigenvalue weighted by molar-refractivity contribution is 9.10. The second-order valence-electron chi connectivity index (χ2n) is 4.38. The molecule has 1 nitrogen and oxygen atoms in total. The number of hydrogen-bond donors (Lipinski definition) is 0. The fourth-order valence-electron chi connectivity index (χ4n) is 2.16. The minimum absolute atomic E-state index is 0.233. The summed E-state index contributed by atoms with van der Waals surface area (Å²) in [5.74, 6) is -0.233. The number of benzene rings is 2. The van der Waals surface area contributed by atoms with Gasteiger partial charge in [0.15, 0.2) is 0 Å². The van der Waals surface area contributed by atoms with Gasteiger partial charge in [-0.3, -0.25) is 0 Å². The molecule has 0 aliphatic rings. The lowest BCUT2D eigenvalue weighted by Gasteiger charge is -2.07. The van der Waals surface area contributed by atoms with Gasteiger partial charge in [0.05, 0.1) is 6.54 Å². The van der Waals surface area contributed by atoms with Gasteiger partial charge in [0, 0.05) is 32.2 Å². The van der Waals surface area contributed by atoms with Crippen LogP contribution in [0.3, 0.4) is 0 Å². The first-order valence-corrected chi connectivity index (χ1v) is 6.99. The van der Waals surface area contributed by atoms with E-state index in [1.165, 1.54) is 6.07 Å². The number of halogens is 3. The van der Waals surface area contributed by atoms with E-state index in [2.05, 4.69) is 15.9 Å². The van der Waals surface area contributed by atoms with Crippen molar-refractivity contribution >= 4 is 38.4 Å². The standard InChI is InChI=1S/C15H10BrClFN/c16-12-1-4-15-10(7-12)5-6-19(15)9-11-8-13(17)2-3-14(11)18/h1-8H,9H2. The first kappa shape index (κ1) is 12.7. The van der Waals surface area contributed by atoms with Crippen LogP contribution in [0.2, 0.25) is 5.02 Å². The Hall–Kier alpha value is -1.32. The largest absolute Gasteiger partial charge is 0.343 e. The molecule has 0 aliphatic carbocycles. The lowest BCUT2D eigenvalue weighted by atomic mass is 10.2. The van der Waals surface area contributed by atoms with E-state index in [-0.39, 0.29) is 5.82 Å². The van der Waals surface area contributed by atoms with Gasteiger partial charge in [-0.1, -0.05) is 27.5 Å². The lowest BCUT2D eigenvalue weighted by molar-refractivity contribution is 0.602. The lowest BCUT2D eigenvalue weighted by Crippen LogP contribution is -2.00. The summed E-state index contributed by atoms with van der Waals surface area (Å²) in [5.41, 5.74) is 1.66. The van der Waals surface area contributed by atoms with E-state index in [4.69, 9.17) is 11.6 Å². The summed E-state index contributed by atoms with van der Waals surface area (Å²) in [7, 11) is 0. The third-order valence-corrected chi connectivity index (χ3v) is 3.81. The highest BCUT2D eigenvalue weighted by Crippen LogP contribution is 2.23. The van der Waals surface area contributed by atoms with Crippen molar-refractivity contribution in [2.24, 2.45) is 0 Å². The summed E-state index contributed by atoms with van der Waals surface area (Å²) in [6.07, 6.45) is 1.96. The number of hydrogen-bond acceptors (Lipinski definition) is 0. The van der Waals surface area contributed by atoms with Gasteiger partial charge in [-0.2, -0.15) is 0 Å². The predicted molar refractivity (Wildman–Crippen MR) is 80.2 cm³/mol. The number of nitrogens with zero attached hydrogens (tertiary/aromatic N) is 1. The maximum Gasteiger partial charge on any atom is 0.128 e. The van der Waals surface area contributed by atoms with Crippen LogP contribution in [-0.2, 0) is 6.54 Å². The van der Waals surface area contributed by atoms with Crippen molar-refractivity contribution in [1.29, 1.82) is 0 Å². The summed E-state index contributed by atoms with van der Waals surface area (Å²) in [6, 6.07) is 12.7. The molecule has 4 heteroatoms. The Labute approximate surface area is 123 Å². The van der Waals surface area contributed by atoms with E-state index in [9.17, 15) is 4.39 Å². The SMILES string of the molecule is Fc1ccc(Cl)cc1Cn1ccc2cc(Br)ccc21. The highest BCUT2D eigenvalue weighted by atomic mass is 79.9. The molecule has 0 atom stereocenters. The molecule has 0 bridgehead atoms. The van der Waals surface area contributed by atoms with Crippen LogP contribution < -0.4 is 0 Å². The van der Waals surface area contributed by atoms with E-state index in [1.54, 1.807) is 12.1 Å². The molecule has 3 rings (SSSR count). The minimum atomic E-state index is -0.233. The summed E-state index contributed by atoms with van der Waals surface area (Å²) in [6.45, 7) is 0.470. The van der Waals surface area contributed by atoms with Crippen LogP contribution in [0, 0.1) is 5.82 Å². The molecule has 0 fully saturated rings. The maximum absolute atomic E-state index is 13.7. The van der Waals surface area contributed by atoms with Crippen molar-refractivity contribution in [3.63, 3.8) is 0 Å². The second-order valence-corrected chi connectivity index (χ2v) is 5.73. The molecule has 96 valence electrons. The van der Waals surface area contributed by atoms with Crippen LogP contribution in [0.15, 0.2) is 53.1 Å². The molecule has 1 heterocycles. The fourth-order valence-corrected chi connectivity index (χ4v) is 2.73. The van der Waals surface area contributed by atoms with Crippen LogP contribution in [0.5, 0.6) is 0 Å². The average molecular weight is 339 g/mol. The Kier molecular flexibility index (Phi) is 3.33. The van der Waals surface area contributed by atoms with Crippen LogP contribution in [-0.4, -0.2) is 4.57 Å². The van der Waals surface area contributed by atoms with Crippen molar-refractivity contribution in [1.82, 2.24) is 4.57 Å². The quantitative estimate of drug-likeness (QED) is 0.602. The Morgan fingerprint density at radius 1 is 1.11 bits per heavy atom. The minimum Gasteiger partial charge on any atom is -0.343 e. The molecule has 0 spiro atoms. The Balaban J connectivity index is 2.03. The maximum atomic E-state index is 13.7. The average Bonchev–Trinajstić information content (AvgIpc) is 2.76. The monoisotopic (exact) mass is 337 g/mol. The Morgan fingerprint density at radius 2 is 1.95 bits per heavy atom. The van der Waals surface area contributed by atoms with Gasteiger partial charge in [-0.15, -0.1) is 0 Å². The zero-order valence-corrected chi connectivity index (χ0v) is 12.2. The van der Waals surface area contributed by atoms with Crippen LogP contribution in [0.4, 0.5) is 4.39 Å². The smallest absolute Gasteiger partial charge is 0.128 e. The van der Waals surface area contributed by atoms with E-state index >= 15 is 0 Å². The van der Waals surface area contributed by atoms with Crippen LogP contribution >= 0.6 is 27.5 Å². The van der Waals surface area contributed by atoms with E-state index < -0.39 is 0 Å². The molecular weight excluding hydrogens is 329 g/mol. The fraction of sp³-hybridized carbons (Fsp3) is 0.0667. The van der Waals surface area contributed by atoms with E-state index in [1.807, 2.05) is 35.0 Å². The van der Waals surface area contributed by atoms with Gasteiger partial charge in [-0.25, -0.2) is 4.39 Å². The molecule has 2 aromatic carbocycles. The molecule has 0 radical (unpaired) electrons. The molecule has 1 aromatic heterocycles. The molecule has 0 amide bonds. The molecule has 0 unspecified atom stereocenters. The summed E-state index contributed by atoms with van der Waals surface area (Å²) < 4.78 is 16.8. The molecule has 19 heavy (non-hydrogen) atoms. The third-order valence-electron chi connectivity index (χ3n) is 3.08. The number of aromatic nitrogens is 1. The summed E-state index contributed by atoms with van der Waals surface area (Å²) in [4.78, 5) is 0. The van der Waals surface area contributed by atoms with Gasteiger partial charge < -0.3 is 4.57 Å². The zero-order valence-electron chi connectivity index (χ0n) is 9.91. The topological polar surface area (TPSA) is 4.93 Å². The Morgan fingerprint density at radius 3 is 2.79 bits per heavy atom. The summed E-state index contributed by atoms with van der Waals surface area (Å²) in [5, 5.41) is 1.67. The van der Waals surface area contributed by atoms with Gasteiger partial charge >= 0.3 is 0 Å². The van der Waals surface area contributed by atoms with Gasteiger partial charge in [0.25, 0.3) is 0 Å². The van der Waals surface area contributed by atoms with Crippen molar-refractivity contribution in [2.75, 3.05) is 0 Å². The van der Waals surface area contributed by atoms with E-state index in [0.717, 1.165) is 15.4 Å². The van der Waals surface area contributed by atoms with Crippen LogP contribution in [0.1, 0.15) is 5.56 Å². The van der Waals surface area contributed by atoms with Crippen LogP contribution in [0.25, 0.3) is 10.9 Å². The predicted octanol–water partition coefficient (Wildman–Crippen LogP) is 5.24. The van der Waals surface area contributed by atoms with Crippen molar-refractivity contribution in [3.8, 4) is 0 Å². The zero-order chi connectivity index (χ0) is 13.4. The first-order chi connectivity index (χ1) is 9.13. The number of fused-ring (bicyclic) bond motifs is 1. The molecule has 0 aliphatic heterocycles. The molecule has 0 saturated heterocycles. The van der Waals surface area contributed by atoms with Gasteiger partial charge in [-0.05, 0) is 42.5 Å². The first-order valence-electron chi connectivity index (χ1n) is 5.82. The van der Waals surface area contributed by atoms with Crippen molar-refractivity contribution in [2.45, 2.75) is 6.54 Å². The van der Waals surface area contributed by atoms with Gasteiger partial charge in [0.2, 0.25) is 0 Å². The normalized spacial score (nSPS) is 11.1. The Bertz CT molecular complexity index is 751. The number of rotatable bonds is 2.